The van der Waals surface area contributed by atoms with Crippen molar-refractivity contribution in [3.63, 3.8) is 0 Å². The Bertz CT molecular complexity index is 1370. The van der Waals surface area contributed by atoms with Crippen molar-refractivity contribution in [2.75, 3.05) is 11.3 Å². The van der Waals surface area contributed by atoms with E-state index in [1.54, 1.807) is 6.33 Å². The molecule has 0 aliphatic carbocycles. The summed E-state index contributed by atoms with van der Waals surface area (Å²) in [6, 6.07) is 18.9. The Hall–Kier alpha value is -3.72. The molecular formula is C23H21FN4O3S. The fraction of sp³-hybridized carbons (Fsp3) is 0.130. The average molecular weight is 453 g/mol. The van der Waals surface area contributed by atoms with Gasteiger partial charge in [0.15, 0.2) is 0 Å². The van der Waals surface area contributed by atoms with Crippen LogP contribution in [0.4, 0.5) is 10.1 Å². The molecular weight excluding hydrogens is 431 g/mol. The average Bonchev–Trinajstić information content (AvgIpc) is 3.21. The number of hydrogen-bond donors (Lipinski definition) is 2. The molecule has 1 amide bonds. The number of benzene rings is 3. The second-order valence-electron chi connectivity index (χ2n) is 7.15. The molecule has 4 rings (SSSR count). The molecule has 164 valence electrons. The van der Waals surface area contributed by atoms with Crippen LogP contribution in [0.3, 0.4) is 0 Å². The molecule has 1 aromatic heterocycles. The Morgan fingerprint density at radius 1 is 1.00 bits per heavy atom. The summed E-state index contributed by atoms with van der Waals surface area (Å²) in [6.45, 7) is 1.09. The fourth-order valence-electron chi connectivity index (χ4n) is 3.29. The van der Waals surface area contributed by atoms with E-state index in [4.69, 9.17) is 0 Å². The van der Waals surface area contributed by atoms with Gasteiger partial charge in [-0.25, -0.2) is 17.8 Å². The number of para-hydroxylation sites is 3. The fourth-order valence-corrected chi connectivity index (χ4v) is 4.41. The van der Waals surface area contributed by atoms with E-state index in [0.717, 1.165) is 17.1 Å². The molecule has 0 fully saturated rings. The standard InChI is InChI=1S/C23H21FN4O3S/c24-19-9-1-2-10-20(19)27-32(30,31)18-8-5-7-17(15-18)23(29)25-13-6-14-28-16-26-21-11-3-4-12-22(21)28/h1-5,7-12,15-16,27H,6,13-14H2,(H,25,29). The third-order valence-electron chi connectivity index (χ3n) is 4.91. The minimum atomic E-state index is -4.05. The lowest BCUT2D eigenvalue weighted by atomic mass is 10.2. The van der Waals surface area contributed by atoms with E-state index in [0.29, 0.717) is 19.5 Å². The Labute approximate surface area is 185 Å². The minimum absolute atomic E-state index is 0.127. The molecule has 0 saturated carbocycles. The van der Waals surface area contributed by atoms with Gasteiger partial charge in [-0.2, -0.15) is 0 Å². The lowest BCUT2D eigenvalue weighted by molar-refractivity contribution is 0.0952. The Balaban J connectivity index is 1.37. The maximum absolute atomic E-state index is 13.8. The largest absolute Gasteiger partial charge is 0.352 e. The van der Waals surface area contributed by atoms with Crippen molar-refractivity contribution < 1.29 is 17.6 Å². The number of carbonyl (C=O) groups is 1. The van der Waals surface area contributed by atoms with Crippen molar-refractivity contribution in [2.45, 2.75) is 17.9 Å². The Morgan fingerprint density at radius 3 is 2.62 bits per heavy atom. The molecule has 0 saturated heterocycles. The van der Waals surface area contributed by atoms with Gasteiger partial charge in [0, 0.05) is 18.7 Å². The monoisotopic (exact) mass is 452 g/mol. The van der Waals surface area contributed by atoms with Crippen LogP contribution in [0, 0.1) is 5.82 Å². The number of aromatic nitrogens is 2. The predicted molar refractivity (Wildman–Crippen MR) is 120 cm³/mol. The van der Waals surface area contributed by atoms with Gasteiger partial charge in [0.25, 0.3) is 15.9 Å². The van der Waals surface area contributed by atoms with E-state index in [1.165, 1.54) is 42.5 Å². The van der Waals surface area contributed by atoms with Crippen LogP contribution >= 0.6 is 0 Å². The summed E-state index contributed by atoms with van der Waals surface area (Å²) < 4.78 is 43.3. The van der Waals surface area contributed by atoms with Crippen LogP contribution in [0.2, 0.25) is 0 Å². The first kappa shape index (κ1) is 21.5. The molecule has 3 aromatic carbocycles. The summed E-state index contributed by atoms with van der Waals surface area (Å²) in [5, 5.41) is 2.80. The third-order valence-corrected chi connectivity index (χ3v) is 6.28. The molecule has 0 aliphatic heterocycles. The smallest absolute Gasteiger partial charge is 0.262 e. The number of nitrogens with one attached hydrogen (secondary N) is 2. The van der Waals surface area contributed by atoms with Crippen molar-refractivity contribution in [2.24, 2.45) is 0 Å². The topological polar surface area (TPSA) is 93.1 Å². The number of sulfonamides is 1. The van der Waals surface area contributed by atoms with Crippen molar-refractivity contribution in [1.29, 1.82) is 0 Å². The zero-order valence-corrected chi connectivity index (χ0v) is 17.8. The maximum atomic E-state index is 13.8. The zero-order valence-electron chi connectivity index (χ0n) is 17.0. The van der Waals surface area contributed by atoms with Crippen LogP contribution in [-0.4, -0.2) is 30.4 Å². The van der Waals surface area contributed by atoms with Gasteiger partial charge in [-0.05, 0) is 48.9 Å². The summed E-state index contributed by atoms with van der Waals surface area (Å²) in [6.07, 6.45) is 2.45. The van der Waals surface area contributed by atoms with Crippen molar-refractivity contribution in [1.82, 2.24) is 14.9 Å². The summed E-state index contributed by atoms with van der Waals surface area (Å²) in [4.78, 5) is 16.7. The van der Waals surface area contributed by atoms with Crippen LogP contribution in [0.5, 0.6) is 0 Å². The molecule has 4 aromatic rings. The third kappa shape index (κ3) is 4.78. The van der Waals surface area contributed by atoms with E-state index in [1.807, 2.05) is 28.8 Å². The maximum Gasteiger partial charge on any atom is 0.262 e. The van der Waals surface area contributed by atoms with E-state index in [-0.39, 0.29) is 22.1 Å². The Morgan fingerprint density at radius 2 is 1.78 bits per heavy atom. The summed E-state index contributed by atoms with van der Waals surface area (Å²) in [5.41, 5.74) is 1.99. The number of rotatable bonds is 8. The van der Waals surface area contributed by atoms with E-state index in [2.05, 4.69) is 15.0 Å². The molecule has 0 atom stereocenters. The van der Waals surface area contributed by atoms with Gasteiger partial charge < -0.3 is 9.88 Å². The first-order chi connectivity index (χ1) is 15.4. The van der Waals surface area contributed by atoms with Gasteiger partial charge in [-0.3, -0.25) is 9.52 Å². The molecule has 32 heavy (non-hydrogen) atoms. The summed E-state index contributed by atoms with van der Waals surface area (Å²) >= 11 is 0. The molecule has 1 heterocycles. The summed E-state index contributed by atoms with van der Waals surface area (Å²) in [7, 11) is -4.05. The molecule has 7 nitrogen and oxygen atoms in total. The van der Waals surface area contributed by atoms with Crippen LogP contribution in [-0.2, 0) is 16.6 Å². The number of hydrogen-bond acceptors (Lipinski definition) is 4. The van der Waals surface area contributed by atoms with Gasteiger partial charge in [0.1, 0.15) is 5.82 Å². The second-order valence-corrected chi connectivity index (χ2v) is 8.83. The Kier molecular flexibility index (Phi) is 6.18. The second kappa shape index (κ2) is 9.19. The molecule has 0 radical (unpaired) electrons. The molecule has 0 bridgehead atoms. The minimum Gasteiger partial charge on any atom is -0.352 e. The van der Waals surface area contributed by atoms with Crippen molar-refractivity contribution in [3.05, 3.63) is 90.5 Å². The van der Waals surface area contributed by atoms with E-state index in [9.17, 15) is 17.6 Å². The molecule has 0 spiro atoms. The highest BCUT2D eigenvalue weighted by atomic mass is 32.2. The predicted octanol–water partition coefficient (Wildman–Crippen LogP) is 3.80. The van der Waals surface area contributed by atoms with Crippen LogP contribution in [0.15, 0.2) is 84.0 Å². The van der Waals surface area contributed by atoms with Crippen LogP contribution in [0.1, 0.15) is 16.8 Å². The quantitative estimate of drug-likeness (QED) is 0.398. The van der Waals surface area contributed by atoms with Crippen LogP contribution in [0.25, 0.3) is 11.0 Å². The number of carbonyl (C=O) groups excluding carboxylic acids is 1. The van der Waals surface area contributed by atoms with Crippen LogP contribution < -0.4 is 10.0 Å². The van der Waals surface area contributed by atoms with E-state index < -0.39 is 15.8 Å². The highest BCUT2D eigenvalue weighted by Crippen LogP contribution is 2.19. The molecule has 9 heteroatoms. The van der Waals surface area contributed by atoms with Gasteiger partial charge >= 0.3 is 0 Å². The summed E-state index contributed by atoms with van der Waals surface area (Å²) in [5.74, 6) is -1.07. The number of amides is 1. The number of imidazole rings is 1. The van der Waals surface area contributed by atoms with Crippen molar-refractivity contribution >= 4 is 32.7 Å². The molecule has 0 unspecified atom stereocenters. The normalized spacial score (nSPS) is 11.4. The highest BCUT2D eigenvalue weighted by molar-refractivity contribution is 7.92. The van der Waals surface area contributed by atoms with E-state index >= 15 is 0 Å². The first-order valence-electron chi connectivity index (χ1n) is 9.99. The first-order valence-corrected chi connectivity index (χ1v) is 11.5. The zero-order chi connectivity index (χ0) is 22.6. The van der Waals surface area contributed by atoms with Gasteiger partial charge in [-0.15, -0.1) is 0 Å². The lowest BCUT2D eigenvalue weighted by Crippen LogP contribution is -2.25. The lowest BCUT2D eigenvalue weighted by Gasteiger charge is -2.10. The number of fused-ring (bicyclic) bond motifs is 1. The SMILES string of the molecule is O=C(NCCCn1cnc2ccccc21)c1cccc(S(=O)(=O)Nc2ccccc2F)c1. The van der Waals surface area contributed by atoms with Gasteiger partial charge in [0.05, 0.1) is 27.9 Å². The number of nitrogens with zero attached hydrogens (tertiary/aromatic N) is 2. The number of anilines is 1. The van der Waals surface area contributed by atoms with Crippen molar-refractivity contribution in [3.8, 4) is 0 Å². The number of halogens is 1. The molecule has 0 aliphatic rings. The van der Waals surface area contributed by atoms with Gasteiger partial charge in [0.2, 0.25) is 0 Å². The highest BCUT2D eigenvalue weighted by Gasteiger charge is 2.18. The molecule has 2 N–H and O–H groups in total. The number of aryl methyl sites for hydroxylation is 1. The van der Waals surface area contributed by atoms with Gasteiger partial charge in [-0.1, -0.05) is 30.3 Å².